The highest BCUT2D eigenvalue weighted by Gasteiger charge is 2.15. The lowest BCUT2D eigenvalue weighted by atomic mass is 10.1. The van der Waals surface area contributed by atoms with Crippen LogP contribution in [0.4, 0.5) is 0 Å². The van der Waals surface area contributed by atoms with E-state index in [9.17, 15) is 4.79 Å². The number of aliphatic hydroxyl groups is 1. The van der Waals surface area contributed by atoms with E-state index >= 15 is 0 Å². The van der Waals surface area contributed by atoms with Crippen molar-refractivity contribution in [3.63, 3.8) is 0 Å². The van der Waals surface area contributed by atoms with Crippen molar-refractivity contribution in [2.45, 2.75) is 25.5 Å². The molecule has 60 valence electrons. The number of rotatable bonds is 4. The largest absolute Gasteiger partial charge is 0.481 e. The Balaban J connectivity index is 3.71. The number of carboxylic acid groups (broad SMARTS) is 1. The van der Waals surface area contributed by atoms with Crippen LogP contribution in [0.2, 0.25) is 0 Å². The van der Waals surface area contributed by atoms with Crippen LogP contribution < -0.4 is 5.32 Å². The van der Waals surface area contributed by atoms with Gasteiger partial charge in [0, 0.05) is 6.04 Å². The Morgan fingerprint density at radius 1 is 1.70 bits per heavy atom. The minimum atomic E-state index is -0.903. The number of aliphatic carboxylic acids is 1. The molecule has 0 bridgehead atoms. The van der Waals surface area contributed by atoms with E-state index in [4.69, 9.17) is 10.2 Å². The Kier molecular flexibility index (Phi) is 3.99. The summed E-state index contributed by atoms with van der Waals surface area (Å²) in [6.07, 6.45) is -0.671. The van der Waals surface area contributed by atoms with Crippen molar-refractivity contribution in [1.82, 2.24) is 5.32 Å². The van der Waals surface area contributed by atoms with E-state index in [0.29, 0.717) is 0 Å². The molecule has 0 aromatic rings. The fourth-order valence-electron chi connectivity index (χ4n) is 0.702. The van der Waals surface area contributed by atoms with E-state index in [1.54, 1.807) is 14.0 Å². The molecule has 0 fully saturated rings. The average molecular weight is 147 g/mol. The molecular weight excluding hydrogens is 134 g/mol. The Morgan fingerprint density at radius 3 is 2.30 bits per heavy atom. The Labute approximate surface area is 59.9 Å². The molecule has 10 heavy (non-hydrogen) atoms. The van der Waals surface area contributed by atoms with Gasteiger partial charge in [0.05, 0.1) is 12.5 Å². The predicted molar refractivity (Wildman–Crippen MR) is 36.8 cm³/mol. The molecule has 4 heteroatoms. The monoisotopic (exact) mass is 147 g/mol. The molecule has 0 aromatic carbocycles. The van der Waals surface area contributed by atoms with Gasteiger partial charge < -0.3 is 15.5 Å². The van der Waals surface area contributed by atoms with Crippen LogP contribution in [0.3, 0.4) is 0 Å². The maximum Gasteiger partial charge on any atom is 0.305 e. The SMILES string of the molecule is CNC(CC(=O)O)C(C)O. The van der Waals surface area contributed by atoms with Gasteiger partial charge in [0.2, 0.25) is 0 Å². The molecule has 0 saturated heterocycles. The van der Waals surface area contributed by atoms with Crippen molar-refractivity contribution in [2.75, 3.05) is 7.05 Å². The van der Waals surface area contributed by atoms with Gasteiger partial charge in [0.15, 0.2) is 0 Å². The first-order chi connectivity index (χ1) is 4.57. The van der Waals surface area contributed by atoms with Gasteiger partial charge in [-0.05, 0) is 14.0 Å². The van der Waals surface area contributed by atoms with Crippen molar-refractivity contribution in [2.24, 2.45) is 0 Å². The van der Waals surface area contributed by atoms with Gasteiger partial charge in [-0.1, -0.05) is 0 Å². The normalized spacial score (nSPS) is 16.3. The summed E-state index contributed by atoms with van der Waals surface area (Å²) in [4.78, 5) is 10.1. The first-order valence-corrected chi connectivity index (χ1v) is 3.15. The van der Waals surface area contributed by atoms with Crippen LogP contribution in [0, 0.1) is 0 Å². The Morgan fingerprint density at radius 2 is 2.20 bits per heavy atom. The van der Waals surface area contributed by atoms with Gasteiger partial charge in [-0.15, -0.1) is 0 Å². The second-order valence-corrected chi connectivity index (χ2v) is 2.23. The lowest BCUT2D eigenvalue weighted by Gasteiger charge is -2.15. The summed E-state index contributed by atoms with van der Waals surface area (Å²) in [6.45, 7) is 1.56. The number of hydrogen-bond donors (Lipinski definition) is 3. The molecule has 2 unspecified atom stereocenters. The number of carbonyl (C=O) groups is 1. The predicted octanol–water partition coefficient (Wildman–Crippen LogP) is -0.570. The van der Waals surface area contributed by atoms with Crippen molar-refractivity contribution in [3.8, 4) is 0 Å². The van der Waals surface area contributed by atoms with E-state index in [1.807, 2.05) is 0 Å². The molecular formula is C6H13NO3. The first-order valence-electron chi connectivity index (χ1n) is 3.15. The third-order valence-corrected chi connectivity index (χ3v) is 1.35. The zero-order valence-corrected chi connectivity index (χ0v) is 6.16. The summed E-state index contributed by atoms with van der Waals surface area (Å²) >= 11 is 0. The van der Waals surface area contributed by atoms with Crippen molar-refractivity contribution < 1.29 is 15.0 Å². The fourth-order valence-corrected chi connectivity index (χ4v) is 0.702. The van der Waals surface area contributed by atoms with Crippen molar-refractivity contribution >= 4 is 5.97 Å². The summed E-state index contributed by atoms with van der Waals surface area (Å²) < 4.78 is 0. The maximum atomic E-state index is 10.1. The maximum absolute atomic E-state index is 10.1. The van der Waals surface area contributed by atoms with Crippen LogP contribution in [0.1, 0.15) is 13.3 Å². The summed E-state index contributed by atoms with van der Waals surface area (Å²) in [5.41, 5.74) is 0. The molecule has 0 heterocycles. The highest BCUT2D eigenvalue weighted by Crippen LogP contribution is 1.96. The second-order valence-electron chi connectivity index (χ2n) is 2.23. The van der Waals surface area contributed by atoms with Crippen LogP contribution in [-0.2, 0) is 4.79 Å². The topological polar surface area (TPSA) is 69.6 Å². The number of hydrogen-bond acceptors (Lipinski definition) is 3. The second kappa shape index (κ2) is 4.24. The van der Waals surface area contributed by atoms with Gasteiger partial charge in [-0.2, -0.15) is 0 Å². The minimum absolute atomic E-state index is 0.0475. The summed E-state index contributed by atoms with van der Waals surface area (Å²) in [7, 11) is 1.63. The van der Waals surface area contributed by atoms with Crippen LogP contribution >= 0.6 is 0 Å². The fraction of sp³-hybridized carbons (Fsp3) is 0.833. The molecule has 0 amide bonds. The van der Waals surface area contributed by atoms with Crippen molar-refractivity contribution in [3.05, 3.63) is 0 Å². The van der Waals surface area contributed by atoms with Gasteiger partial charge in [-0.25, -0.2) is 0 Å². The highest BCUT2D eigenvalue weighted by atomic mass is 16.4. The molecule has 0 aromatic heterocycles. The molecule has 0 spiro atoms. The van der Waals surface area contributed by atoms with Crippen molar-refractivity contribution in [1.29, 1.82) is 0 Å². The molecule has 0 aliphatic heterocycles. The van der Waals surface area contributed by atoms with E-state index in [0.717, 1.165) is 0 Å². The lowest BCUT2D eigenvalue weighted by molar-refractivity contribution is -0.138. The van der Waals surface area contributed by atoms with E-state index in [-0.39, 0.29) is 12.5 Å². The number of aliphatic hydroxyl groups excluding tert-OH is 1. The molecule has 4 nitrogen and oxygen atoms in total. The summed E-state index contributed by atoms with van der Waals surface area (Å²) in [5.74, 6) is -0.903. The lowest BCUT2D eigenvalue weighted by Crippen LogP contribution is -2.37. The molecule has 2 atom stereocenters. The van der Waals surface area contributed by atoms with E-state index in [2.05, 4.69) is 5.32 Å². The standard InChI is InChI=1S/C6H13NO3/c1-4(8)5(7-2)3-6(9)10/h4-5,7-8H,3H2,1-2H3,(H,9,10). The number of likely N-dealkylation sites (N-methyl/N-ethyl adjacent to an activating group) is 1. The average Bonchev–Trinajstić information content (AvgIpc) is 1.81. The molecule has 0 rings (SSSR count). The van der Waals surface area contributed by atoms with Crippen LogP contribution in [0.15, 0.2) is 0 Å². The van der Waals surface area contributed by atoms with Crippen LogP contribution in [0.25, 0.3) is 0 Å². The molecule has 0 saturated carbocycles. The molecule has 0 radical (unpaired) electrons. The first kappa shape index (κ1) is 9.39. The van der Waals surface area contributed by atoms with E-state index < -0.39 is 12.1 Å². The summed E-state index contributed by atoms with van der Waals surface area (Å²) in [6, 6.07) is -0.350. The van der Waals surface area contributed by atoms with Gasteiger partial charge >= 0.3 is 5.97 Å². The third kappa shape index (κ3) is 3.42. The smallest absolute Gasteiger partial charge is 0.305 e. The zero-order valence-electron chi connectivity index (χ0n) is 6.16. The van der Waals surface area contributed by atoms with Gasteiger partial charge in [0.1, 0.15) is 0 Å². The molecule has 3 N–H and O–H groups in total. The Bertz CT molecular complexity index is 114. The minimum Gasteiger partial charge on any atom is -0.481 e. The highest BCUT2D eigenvalue weighted by molar-refractivity contribution is 5.67. The summed E-state index contributed by atoms with van der Waals surface area (Å²) in [5, 5.41) is 19.9. The quantitative estimate of drug-likeness (QED) is 0.498. The zero-order chi connectivity index (χ0) is 8.15. The third-order valence-electron chi connectivity index (χ3n) is 1.35. The van der Waals surface area contributed by atoms with Crippen LogP contribution in [-0.4, -0.2) is 35.4 Å². The Hall–Kier alpha value is -0.610. The molecule has 0 aliphatic rings. The van der Waals surface area contributed by atoms with E-state index in [1.165, 1.54) is 0 Å². The molecule has 0 aliphatic carbocycles. The number of nitrogens with one attached hydrogen (secondary N) is 1. The number of carboxylic acids is 1. The van der Waals surface area contributed by atoms with Gasteiger partial charge in [0.25, 0.3) is 0 Å². The van der Waals surface area contributed by atoms with Crippen LogP contribution in [0.5, 0.6) is 0 Å². The van der Waals surface area contributed by atoms with Gasteiger partial charge in [-0.3, -0.25) is 4.79 Å².